The number of aromatic nitrogens is 1. The first-order chi connectivity index (χ1) is 9.56. The van der Waals surface area contributed by atoms with Crippen molar-refractivity contribution in [2.75, 3.05) is 5.32 Å². The van der Waals surface area contributed by atoms with Gasteiger partial charge in [0.2, 0.25) is 5.91 Å². The lowest BCUT2D eigenvalue weighted by molar-refractivity contribution is -0.115. The number of aromatic carboxylic acids is 1. The van der Waals surface area contributed by atoms with E-state index < -0.39 is 5.97 Å². The van der Waals surface area contributed by atoms with E-state index in [2.05, 4.69) is 10.3 Å². The summed E-state index contributed by atoms with van der Waals surface area (Å²) in [5.74, 6) is -1.45. The molecule has 6 heteroatoms. The molecule has 0 fully saturated rings. The van der Waals surface area contributed by atoms with E-state index in [0.29, 0.717) is 5.02 Å². The van der Waals surface area contributed by atoms with Gasteiger partial charge in [0.25, 0.3) is 0 Å². The van der Waals surface area contributed by atoms with E-state index in [1.165, 1.54) is 18.2 Å². The van der Waals surface area contributed by atoms with Crippen LogP contribution in [0.2, 0.25) is 5.02 Å². The number of halogens is 1. The molecule has 0 atom stereocenters. The first-order valence-electron chi connectivity index (χ1n) is 5.78. The van der Waals surface area contributed by atoms with E-state index >= 15 is 0 Å². The number of nitrogens with zero attached hydrogens (tertiary/aromatic N) is 1. The largest absolute Gasteiger partial charge is 0.478 e. The van der Waals surface area contributed by atoms with Gasteiger partial charge in [0.1, 0.15) is 0 Å². The molecule has 1 amide bonds. The highest BCUT2D eigenvalue weighted by Crippen LogP contribution is 2.21. The number of anilines is 1. The van der Waals surface area contributed by atoms with Crippen LogP contribution in [0.5, 0.6) is 0 Å². The van der Waals surface area contributed by atoms with Gasteiger partial charge in [-0.05, 0) is 35.9 Å². The van der Waals surface area contributed by atoms with Crippen molar-refractivity contribution in [1.82, 2.24) is 4.98 Å². The van der Waals surface area contributed by atoms with Gasteiger partial charge in [-0.1, -0.05) is 11.6 Å². The predicted molar refractivity (Wildman–Crippen MR) is 75.0 cm³/mol. The monoisotopic (exact) mass is 290 g/mol. The standard InChI is InChI=1S/C14H11ClN2O3/c15-10-1-2-12(11(8-10)14(19)20)17-13(18)7-9-3-5-16-6-4-9/h1-6,8H,7H2,(H,17,18)(H,19,20). The van der Waals surface area contributed by atoms with E-state index in [1.54, 1.807) is 24.5 Å². The summed E-state index contributed by atoms with van der Waals surface area (Å²) in [6, 6.07) is 7.73. The van der Waals surface area contributed by atoms with E-state index in [1.807, 2.05) is 0 Å². The van der Waals surface area contributed by atoms with Crippen molar-refractivity contribution < 1.29 is 14.7 Å². The van der Waals surface area contributed by atoms with Gasteiger partial charge in [0.15, 0.2) is 0 Å². The summed E-state index contributed by atoms with van der Waals surface area (Å²) in [5.41, 5.74) is 0.977. The van der Waals surface area contributed by atoms with Crippen LogP contribution in [-0.4, -0.2) is 22.0 Å². The van der Waals surface area contributed by atoms with E-state index in [0.717, 1.165) is 5.56 Å². The third-order valence-electron chi connectivity index (χ3n) is 2.60. The number of nitrogens with one attached hydrogen (secondary N) is 1. The smallest absolute Gasteiger partial charge is 0.337 e. The van der Waals surface area contributed by atoms with Crippen LogP contribution in [0.25, 0.3) is 0 Å². The summed E-state index contributed by atoms with van der Waals surface area (Å²) in [6.07, 6.45) is 3.32. The minimum Gasteiger partial charge on any atom is -0.478 e. The van der Waals surface area contributed by atoms with Gasteiger partial charge in [-0.2, -0.15) is 0 Å². The van der Waals surface area contributed by atoms with Crippen LogP contribution in [0.3, 0.4) is 0 Å². The summed E-state index contributed by atoms with van der Waals surface area (Å²) < 4.78 is 0. The Morgan fingerprint density at radius 2 is 1.90 bits per heavy atom. The Hall–Kier alpha value is -2.40. The molecule has 0 bridgehead atoms. The number of benzene rings is 1. The van der Waals surface area contributed by atoms with Crippen LogP contribution >= 0.6 is 11.6 Å². The van der Waals surface area contributed by atoms with Gasteiger partial charge in [0.05, 0.1) is 17.7 Å². The van der Waals surface area contributed by atoms with Gasteiger partial charge in [0, 0.05) is 17.4 Å². The van der Waals surface area contributed by atoms with Crippen LogP contribution in [0.15, 0.2) is 42.7 Å². The molecule has 0 radical (unpaired) electrons. The number of pyridine rings is 1. The summed E-state index contributed by atoms with van der Waals surface area (Å²) in [5, 5.41) is 11.9. The molecule has 0 aliphatic heterocycles. The first kappa shape index (κ1) is 14.0. The van der Waals surface area contributed by atoms with Crippen LogP contribution in [0, 0.1) is 0 Å². The zero-order chi connectivity index (χ0) is 14.5. The van der Waals surface area contributed by atoms with E-state index in [4.69, 9.17) is 16.7 Å². The maximum Gasteiger partial charge on any atom is 0.337 e. The number of carboxylic acids is 1. The number of hydrogen-bond acceptors (Lipinski definition) is 3. The molecule has 5 nitrogen and oxygen atoms in total. The lowest BCUT2D eigenvalue weighted by atomic mass is 10.1. The third-order valence-corrected chi connectivity index (χ3v) is 2.84. The number of rotatable bonds is 4. The SMILES string of the molecule is O=C(Cc1ccncc1)Nc1ccc(Cl)cc1C(=O)O. The van der Waals surface area contributed by atoms with Crippen molar-refractivity contribution >= 4 is 29.2 Å². The average Bonchev–Trinajstić information content (AvgIpc) is 2.41. The lowest BCUT2D eigenvalue weighted by Crippen LogP contribution is -2.16. The quantitative estimate of drug-likeness (QED) is 0.907. The van der Waals surface area contributed by atoms with E-state index in [9.17, 15) is 9.59 Å². The normalized spacial score (nSPS) is 10.1. The molecule has 0 spiro atoms. The Kier molecular flexibility index (Phi) is 4.32. The summed E-state index contributed by atoms with van der Waals surface area (Å²) in [6.45, 7) is 0. The van der Waals surface area contributed by atoms with Crippen LogP contribution in [0.4, 0.5) is 5.69 Å². The average molecular weight is 291 g/mol. The summed E-state index contributed by atoms with van der Waals surface area (Å²) in [4.78, 5) is 26.8. The molecular weight excluding hydrogens is 280 g/mol. The maximum absolute atomic E-state index is 11.9. The molecule has 2 N–H and O–H groups in total. The Morgan fingerprint density at radius 1 is 1.20 bits per heavy atom. The highest BCUT2D eigenvalue weighted by molar-refractivity contribution is 6.31. The second-order valence-corrected chi connectivity index (χ2v) is 4.51. The molecule has 2 rings (SSSR count). The molecule has 20 heavy (non-hydrogen) atoms. The lowest BCUT2D eigenvalue weighted by Gasteiger charge is -2.08. The fraction of sp³-hybridized carbons (Fsp3) is 0.0714. The van der Waals surface area contributed by atoms with E-state index in [-0.39, 0.29) is 23.6 Å². The Balaban J connectivity index is 2.14. The fourth-order valence-electron chi connectivity index (χ4n) is 1.68. The molecule has 0 aliphatic carbocycles. The second-order valence-electron chi connectivity index (χ2n) is 4.08. The minimum atomic E-state index is -1.15. The summed E-state index contributed by atoms with van der Waals surface area (Å²) >= 11 is 5.74. The van der Waals surface area contributed by atoms with Crippen molar-refractivity contribution in [1.29, 1.82) is 0 Å². The number of amides is 1. The van der Waals surface area contributed by atoms with Crippen molar-refractivity contribution in [3.63, 3.8) is 0 Å². The third kappa shape index (κ3) is 3.55. The van der Waals surface area contributed by atoms with Crippen LogP contribution in [-0.2, 0) is 11.2 Å². The van der Waals surface area contributed by atoms with Crippen molar-refractivity contribution in [3.05, 3.63) is 58.9 Å². The Bertz CT molecular complexity index is 644. The second kappa shape index (κ2) is 6.16. The molecule has 0 unspecified atom stereocenters. The zero-order valence-electron chi connectivity index (χ0n) is 10.3. The highest BCUT2D eigenvalue weighted by Gasteiger charge is 2.13. The van der Waals surface area contributed by atoms with Crippen molar-refractivity contribution in [2.24, 2.45) is 0 Å². The predicted octanol–water partition coefficient (Wildman–Crippen LogP) is 2.61. The van der Waals surface area contributed by atoms with Gasteiger partial charge in [-0.3, -0.25) is 9.78 Å². The molecule has 2 aromatic rings. The van der Waals surface area contributed by atoms with Crippen LogP contribution in [0.1, 0.15) is 15.9 Å². The van der Waals surface area contributed by atoms with Crippen molar-refractivity contribution in [2.45, 2.75) is 6.42 Å². The fourth-order valence-corrected chi connectivity index (χ4v) is 1.85. The molecule has 102 valence electrons. The molecule has 0 saturated heterocycles. The molecule has 1 aromatic heterocycles. The number of hydrogen-bond donors (Lipinski definition) is 2. The Morgan fingerprint density at radius 3 is 2.55 bits per heavy atom. The van der Waals surface area contributed by atoms with Gasteiger partial charge < -0.3 is 10.4 Å². The highest BCUT2D eigenvalue weighted by atomic mass is 35.5. The number of carbonyl (C=O) groups is 2. The minimum absolute atomic E-state index is 0.0411. The first-order valence-corrected chi connectivity index (χ1v) is 6.15. The maximum atomic E-state index is 11.9. The van der Waals surface area contributed by atoms with Gasteiger partial charge in [-0.25, -0.2) is 4.79 Å². The molecule has 0 aliphatic rings. The van der Waals surface area contributed by atoms with Crippen molar-refractivity contribution in [3.8, 4) is 0 Å². The molecule has 0 saturated carbocycles. The topological polar surface area (TPSA) is 79.3 Å². The molecule has 1 aromatic carbocycles. The van der Waals surface area contributed by atoms with Crippen LogP contribution < -0.4 is 5.32 Å². The molecular formula is C14H11ClN2O3. The molecule has 1 heterocycles. The summed E-state index contributed by atoms with van der Waals surface area (Å²) in [7, 11) is 0. The Labute approximate surface area is 120 Å². The number of carbonyl (C=O) groups excluding carboxylic acids is 1. The van der Waals surface area contributed by atoms with Gasteiger partial charge >= 0.3 is 5.97 Å². The van der Waals surface area contributed by atoms with Gasteiger partial charge in [-0.15, -0.1) is 0 Å². The zero-order valence-corrected chi connectivity index (χ0v) is 11.1. The number of carboxylic acid groups (broad SMARTS) is 1.